The molecule has 3 aromatic carbocycles. The topological polar surface area (TPSA) is 58.6 Å². The fraction of sp³-hybridized carbons (Fsp3) is 0.200. The number of ether oxygens (including phenoxy) is 1. The highest BCUT2D eigenvalue weighted by atomic mass is 35.5. The first-order valence-electron chi connectivity index (χ1n) is 10.3. The molecule has 0 aliphatic carbocycles. The molecule has 2 amide bonds. The highest BCUT2D eigenvalue weighted by Crippen LogP contribution is 2.28. The average Bonchev–Trinajstić information content (AvgIpc) is 3.18. The fourth-order valence-corrected chi connectivity index (χ4v) is 3.66. The molecule has 3 aromatic rings. The van der Waals surface area contributed by atoms with E-state index >= 15 is 0 Å². The molecule has 5 nitrogen and oxygen atoms in total. The maximum absolute atomic E-state index is 12.7. The maximum Gasteiger partial charge on any atom is 0.229 e. The van der Waals surface area contributed by atoms with Gasteiger partial charge in [0.1, 0.15) is 11.5 Å². The van der Waals surface area contributed by atoms with Crippen LogP contribution in [0.15, 0.2) is 72.8 Å². The maximum atomic E-state index is 12.7. The van der Waals surface area contributed by atoms with Gasteiger partial charge in [-0.05, 0) is 72.6 Å². The van der Waals surface area contributed by atoms with Gasteiger partial charge >= 0.3 is 0 Å². The third kappa shape index (κ3) is 5.06. The summed E-state index contributed by atoms with van der Waals surface area (Å²) in [4.78, 5) is 26.9. The summed E-state index contributed by atoms with van der Waals surface area (Å²) < 4.78 is 5.76. The molecule has 1 aliphatic heterocycles. The Morgan fingerprint density at radius 1 is 1.00 bits per heavy atom. The van der Waals surface area contributed by atoms with E-state index in [2.05, 4.69) is 12.2 Å². The zero-order chi connectivity index (χ0) is 21.8. The molecule has 0 unspecified atom stereocenters. The van der Waals surface area contributed by atoms with Crippen molar-refractivity contribution >= 4 is 34.8 Å². The van der Waals surface area contributed by atoms with Gasteiger partial charge in [0, 0.05) is 29.4 Å². The van der Waals surface area contributed by atoms with Crippen molar-refractivity contribution in [2.45, 2.75) is 19.8 Å². The van der Waals surface area contributed by atoms with Crippen LogP contribution in [-0.4, -0.2) is 18.4 Å². The second-order valence-electron chi connectivity index (χ2n) is 7.50. The Bertz CT molecular complexity index is 1060. The summed E-state index contributed by atoms with van der Waals surface area (Å²) in [5, 5.41) is 3.55. The van der Waals surface area contributed by atoms with E-state index in [1.807, 2.05) is 24.3 Å². The van der Waals surface area contributed by atoms with E-state index < -0.39 is 0 Å². The van der Waals surface area contributed by atoms with Gasteiger partial charge in [0.2, 0.25) is 11.8 Å². The largest absolute Gasteiger partial charge is 0.457 e. The third-order valence-electron chi connectivity index (χ3n) is 5.32. The van der Waals surface area contributed by atoms with Crippen molar-refractivity contribution < 1.29 is 14.3 Å². The van der Waals surface area contributed by atoms with Gasteiger partial charge in [-0.2, -0.15) is 0 Å². The van der Waals surface area contributed by atoms with Gasteiger partial charge in [0.05, 0.1) is 5.92 Å². The molecule has 0 saturated carbocycles. The number of carbonyl (C=O) groups excluding carboxylic acids is 2. The normalized spacial score (nSPS) is 15.7. The number of benzene rings is 3. The fourth-order valence-electron chi connectivity index (χ4n) is 3.53. The minimum Gasteiger partial charge on any atom is -0.457 e. The summed E-state index contributed by atoms with van der Waals surface area (Å²) in [6.07, 6.45) is 1.15. The molecule has 0 aromatic heterocycles. The Morgan fingerprint density at radius 2 is 1.61 bits per heavy atom. The van der Waals surface area contributed by atoms with E-state index in [4.69, 9.17) is 16.3 Å². The molecule has 1 aliphatic rings. The first-order chi connectivity index (χ1) is 15.0. The minimum atomic E-state index is -0.386. The van der Waals surface area contributed by atoms with Crippen LogP contribution in [0.5, 0.6) is 11.5 Å². The first-order valence-corrected chi connectivity index (χ1v) is 10.6. The van der Waals surface area contributed by atoms with Crippen LogP contribution in [0.3, 0.4) is 0 Å². The quantitative estimate of drug-likeness (QED) is 0.542. The second-order valence-corrected chi connectivity index (χ2v) is 7.93. The Labute approximate surface area is 186 Å². The van der Waals surface area contributed by atoms with Gasteiger partial charge in [-0.1, -0.05) is 30.7 Å². The van der Waals surface area contributed by atoms with E-state index in [0.29, 0.717) is 28.8 Å². The van der Waals surface area contributed by atoms with Crippen molar-refractivity contribution in [3.05, 3.63) is 83.4 Å². The van der Waals surface area contributed by atoms with Gasteiger partial charge in [0.15, 0.2) is 0 Å². The highest BCUT2D eigenvalue weighted by molar-refractivity contribution is 6.30. The van der Waals surface area contributed by atoms with Crippen molar-refractivity contribution in [1.82, 2.24) is 0 Å². The molecule has 4 rings (SSSR count). The number of aryl methyl sites for hydroxylation is 1. The Hall–Kier alpha value is -3.31. The van der Waals surface area contributed by atoms with Crippen molar-refractivity contribution in [1.29, 1.82) is 0 Å². The molecule has 158 valence electrons. The van der Waals surface area contributed by atoms with Crippen LogP contribution >= 0.6 is 11.6 Å². The van der Waals surface area contributed by atoms with Gasteiger partial charge < -0.3 is 15.0 Å². The van der Waals surface area contributed by atoms with Crippen LogP contribution in [0, 0.1) is 5.92 Å². The predicted molar refractivity (Wildman–Crippen MR) is 123 cm³/mol. The molecular weight excluding hydrogens is 412 g/mol. The van der Waals surface area contributed by atoms with Crippen LogP contribution in [0.25, 0.3) is 0 Å². The third-order valence-corrected chi connectivity index (χ3v) is 5.58. The Balaban J connectivity index is 1.35. The number of hydrogen-bond acceptors (Lipinski definition) is 3. The number of anilines is 2. The van der Waals surface area contributed by atoms with Crippen molar-refractivity contribution in [3.63, 3.8) is 0 Å². The lowest BCUT2D eigenvalue weighted by molar-refractivity contribution is -0.122. The summed E-state index contributed by atoms with van der Waals surface area (Å²) in [6, 6.07) is 22.1. The molecule has 31 heavy (non-hydrogen) atoms. The molecule has 0 bridgehead atoms. The lowest BCUT2D eigenvalue weighted by Crippen LogP contribution is -2.28. The average molecular weight is 435 g/mol. The van der Waals surface area contributed by atoms with E-state index in [0.717, 1.165) is 12.1 Å². The summed E-state index contributed by atoms with van der Waals surface area (Å²) in [5.74, 6) is 0.752. The SMILES string of the molecule is CCc1ccc(N2C[C@H](C(=O)Nc3ccc(Oc4ccc(Cl)cc4)cc3)CC2=O)cc1. The molecule has 1 heterocycles. The number of rotatable bonds is 6. The van der Waals surface area contributed by atoms with Crippen molar-refractivity contribution in [2.24, 2.45) is 5.92 Å². The molecule has 1 atom stereocenters. The summed E-state index contributed by atoms with van der Waals surface area (Å²) in [5.41, 5.74) is 2.71. The minimum absolute atomic E-state index is 0.0314. The molecular formula is C25H23ClN2O3. The molecule has 1 N–H and O–H groups in total. The predicted octanol–water partition coefficient (Wildman–Crippen LogP) is 5.69. The van der Waals surface area contributed by atoms with Crippen LogP contribution in [0.2, 0.25) is 5.02 Å². The van der Waals surface area contributed by atoms with Crippen LogP contribution < -0.4 is 15.0 Å². The van der Waals surface area contributed by atoms with Gasteiger partial charge in [0.25, 0.3) is 0 Å². The molecule has 1 fully saturated rings. The van der Waals surface area contributed by atoms with Crippen LogP contribution in [-0.2, 0) is 16.0 Å². The zero-order valence-corrected chi connectivity index (χ0v) is 17.9. The first kappa shape index (κ1) is 20.9. The van der Waals surface area contributed by atoms with Crippen molar-refractivity contribution in [2.75, 3.05) is 16.8 Å². The van der Waals surface area contributed by atoms with Gasteiger partial charge in [-0.25, -0.2) is 0 Å². The standard InChI is InChI=1S/C25H23ClN2O3/c1-2-17-3-9-21(10-4-17)28-16-18(15-24(28)29)25(30)27-20-7-13-23(14-8-20)31-22-11-5-19(26)6-12-22/h3-14,18H,2,15-16H2,1H3,(H,27,30)/t18-/m1/s1. The van der Waals surface area contributed by atoms with E-state index in [-0.39, 0.29) is 24.2 Å². The van der Waals surface area contributed by atoms with Gasteiger partial charge in [-0.3, -0.25) is 9.59 Å². The summed E-state index contributed by atoms with van der Waals surface area (Å²) in [7, 11) is 0. The lowest BCUT2D eigenvalue weighted by atomic mass is 10.1. The smallest absolute Gasteiger partial charge is 0.229 e. The summed E-state index contributed by atoms with van der Waals surface area (Å²) in [6.45, 7) is 2.47. The summed E-state index contributed by atoms with van der Waals surface area (Å²) >= 11 is 5.88. The molecule has 0 spiro atoms. The Morgan fingerprint density at radius 3 is 2.23 bits per heavy atom. The van der Waals surface area contributed by atoms with Crippen LogP contribution in [0.4, 0.5) is 11.4 Å². The number of nitrogens with zero attached hydrogens (tertiary/aromatic N) is 1. The Kier molecular flexibility index (Phi) is 6.23. The van der Waals surface area contributed by atoms with E-state index in [9.17, 15) is 9.59 Å². The molecule has 6 heteroatoms. The second kappa shape index (κ2) is 9.23. The van der Waals surface area contributed by atoms with E-state index in [1.165, 1.54) is 5.56 Å². The van der Waals surface area contributed by atoms with Crippen LogP contribution in [0.1, 0.15) is 18.9 Å². The number of nitrogens with one attached hydrogen (secondary N) is 1. The highest BCUT2D eigenvalue weighted by Gasteiger charge is 2.35. The number of hydrogen-bond donors (Lipinski definition) is 1. The van der Waals surface area contributed by atoms with Crippen molar-refractivity contribution in [3.8, 4) is 11.5 Å². The number of halogens is 1. The molecule has 1 saturated heterocycles. The lowest BCUT2D eigenvalue weighted by Gasteiger charge is -2.17. The zero-order valence-electron chi connectivity index (χ0n) is 17.2. The van der Waals surface area contributed by atoms with E-state index in [1.54, 1.807) is 53.4 Å². The number of carbonyl (C=O) groups is 2. The van der Waals surface area contributed by atoms with Gasteiger partial charge in [-0.15, -0.1) is 0 Å². The monoisotopic (exact) mass is 434 g/mol. The number of amides is 2. The molecule has 0 radical (unpaired) electrons.